The lowest BCUT2D eigenvalue weighted by Crippen LogP contribution is -2.04. The number of pyridine rings is 1. The molecular weight excluding hydrogens is 208 g/mol. The maximum atomic E-state index is 4.64. The van der Waals surface area contributed by atoms with Crippen molar-refractivity contribution in [2.45, 2.75) is 20.3 Å². The Hall–Kier alpha value is -1.83. The molecule has 0 bridgehead atoms. The molecule has 0 unspecified atom stereocenters. The molecule has 2 rings (SSSR count). The number of benzene rings is 1. The molecule has 88 valence electrons. The first-order valence-electron chi connectivity index (χ1n) is 6.02. The fourth-order valence-electron chi connectivity index (χ4n) is 1.84. The molecule has 0 aliphatic heterocycles. The maximum absolute atomic E-state index is 4.64. The van der Waals surface area contributed by atoms with Crippen LogP contribution >= 0.6 is 0 Å². The van der Waals surface area contributed by atoms with Crippen molar-refractivity contribution < 1.29 is 0 Å². The molecule has 0 aliphatic carbocycles. The van der Waals surface area contributed by atoms with Gasteiger partial charge in [0.2, 0.25) is 0 Å². The van der Waals surface area contributed by atoms with Crippen LogP contribution in [0.15, 0.2) is 42.5 Å². The molecule has 1 heterocycles. The molecule has 2 aromatic rings. The lowest BCUT2D eigenvalue weighted by molar-refractivity contribution is 1.04. The maximum Gasteiger partial charge on any atom is 0.129 e. The van der Waals surface area contributed by atoms with Gasteiger partial charge >= 0.3 is 0 Å². The van der Waals surface area contributed by atoms with E-state index < -0.39 is 0 Å². The molecule has 0 amide bonds. The number of nitrogens with one attached hydrogen (secondary N) is 1. The SMILES string of the molecule is C/C=C/CCNc1nc2ccccc2cc1C. The summed E-state index contributed by atoms with van der Waals surface area (Å²) in [6.45, 7) is 5.06. The first-order valence-corrected chi connectivity index (χ1v) is 6.02. The summed E-state index contributed by atoms with van der Waals surface area (Å²) in [5.74, 6) is 0.994. The van der Waals surface area contributed by atoms with Gasteiger partial charge < -0.3 is 5.32 Å². The Kier molecular flexibility index (Phi) is 3.76. The molecule has 0 aliphatic rings. The third kappa shape index (κ3) is 2.84. The van der Waals surface area contributed by atoms with Crippen LogP contribution in [0.3, 0.4) is 0 Å². The standard InChI is InChI=1S/C15H18N2/c1-3-4-7-10-16-15-12(2)11-13-8-5-6-9-14(13)17-15/h3-6,8-9,11H,7,10H2,1-2H3,(H,16,17)/b4-3+. The van der Waals surface area contributed by atoms with Gasteiger partial charge in [0.15, 0.2) is 0 Å². The van der Waals surface area contributed by atoms with Crippen molar-refractivity contribution in [1.82, 2.24) is 4.98 Å². The Morgan fingerprint density at radius 1 is 1.29 bits per heavy atom. The van der Waals surface area contributed by atoms with E-state index in [2.05, 4.69) is 41.5 Å². The minimum atomic E-state index is 0.927. The van der Waals surface area contributed by atoms with Gasteiger partial charge in [-0.05, 0) is 38.0 Å². The predicted molar refractivity (Wildman–Crippen MR) is 74.4 cm³/mol. The zero-order valence-corrected chi connectivity index (χ0v) is 10.4. The largest absolute Gasteiger partial charge is 0.370 e. The highest BCUT2D eigenvalue weighted by Gasteiger charge is 2.01. The zero-order chi connectivity index (χ0) is 12.1. The van der Waals surface area contributed by atoms with E-state index in [1.807, 2.05) is 25.1 Å². The zero-order valence-electron chi connectivity index (χ0n) is 10.4. The molecule has 0 spiro atoms. The number of aryl methyl sites for hydroxylation is 1. The molecule has 0 radical (unpaired) electrons. The fraction of sp³-hybridized carbons (Fsp3) is 0.267. The lowest BCUT2D eigenvalue weighted by atomic mass is 10.1. The van der Waals surface area contributed by atoms with E-state index in [9.17, 15) is 0 Å². The smallest absolute Gasteiger partial charge is 0.129 e. The summed E-state index contributed by atoms with van der Waals surface area (Å²) in [5.41, 5.74) is 2.25. The second-order valence-electron chi connectivity index (χ2n) is 4.13. The average Bonchev–Trinajstić information content (AvgIpc) is 2.35. The number of allylic oxidation sites excluding steroid dienone is 1. The van der Waals surface area contributed by atoms with E-state index in [1.54, 1.807) is 0 Å². The molecule has 17 heavy (non-hydrogen) atoms. The van der Waals surface area contributed by atoms with Crippen molar-refractivity contribution in [3.63, 3.8) is 0 Å². The molecule has 0 saturated heterocycles. The van der Waals surface area contributed by atoms with Gasteiger partial charge in [0.25, 0.3) is 0 Å². The van der Waals surface area contributed by atoms with Crippen LogP contribution in [0.1, 0.15) is 18.9 Å². The minimum Gasteiger partial charge on any atom is -0.370 e. The van der Waals surface area contributed by atoms with Crippen LogP contribution < -0.4 is 5.32 Å². The van der Waals surface area contributed by atoms with Crippen molar-refractivity contribution in [3.05, 3.63) is 48.0 Å². The Morgan fingerprint density at radius 3 is 2.94 bits per heavy atom. The van der Waals surface area contributed by atoms with Gasteiger partial charge in [0.05, 0.1) is 5.52 Å². The number of hydrogen-bond acceptors (Lipinski definition) is 2. The average molecular weight is 226 g/mol. The molecule has 1 N–H and O–H groups in total. The van der Waals surface area contributed by atoms with Gasteiger partial charge in [-0.3, -0.25) is 0 Å². The Bertz CT molecular complexity index is 529. The number of anilines is 1. The van der Waals surface area contributed by atoms with Gasteiger partial charge in [-0.25, -0.2) is 4.98 Å². The summed E-state index contributed by atoms with van der Waals surface area (Å²) in [4.78, 5) is 4.64. The minimum absolute atomic E-state index is 0.927. The summed E-state index contributed by atoms with van der Waals surface area (Å²) in [6, 6.07) is 10.4. The van der Waals surface area contributed by atoms with Crippen molar-refractivity contribution in [2.24, 2.45) is 0 Å². The lowest BCUT2D eigenvalue weighted by Gasteiger charge is -2.09. The van der Waals surface area contributed by atoms with E-state index in [1.165, 1.54) is 10.9 Å². The van der Waals surface area contributed by atoms with Gasteiger partial charge in [0.1, 0.15) is 5.82 Å². The van der Waals surface area contributed by atoms with Crippen molar-refractivity contribution in [2.75, 3.05) is 11.9 Å². The highest BCUT2D eigenvalue weighted by atomic mass is 15.0. The number of fused-ring (bicyclic) bond motifs is 1. The number of hydrogen-bond donors (Lipinski definition) is 1. The molecule has 1 aromatic carbocycles. The molecule has 0 atom stereocenters. The van der Waals surface area contributed by atoms with Crippen LogP contribution in [0, 0.1) is 6.92 Å². The second kappa shape index (κ2) is 5.48. The molecule has 0 fully saturated rings. The Labute approximate surface area is 102 Å². The van der Waals surface area contributed by atoms with Crippen LogP contribution in [-0.2, 0) is 0 Å². The number of aromatic nitrogens is 1. The third-order valence-electron chi connectivity index (χ3n) is 2.75. The summed E-state index contributed by atoms with van der Waals surface area (Å²) in [6.07, 6.45) is 5.26. The third-order valence-corrected chi connectivity index (χ3v) is 2.75. The molecule has 0 saturated carbocycles. The first-order chi connectivity index (χ1) is 8.31. The number of nitrogens with zero attached hydrogens (tertiary/aromatic N) is 1. The van der Waals surface area contributed by atoms with E-state index in [0.717, 1.165) is 24.3 Å². The van der Waals surface area contributed by atoms with E-state index in [0.29, 0.717) is 0 Å². The normalized spacial score (nSPS) is 11.2. The van der Waals surface area contributed by atoms with Crippen molar-refractivity contribution >= 4 is 16.7 Å². The van der Waals surface area contributed by atoms with Gasteiger partial charge in [-0.15, -0.1) is 0 Å². The monoisotopic (exact) mass is 226 g/mol. The van der Waals surface area contributed by atoms with Crippen LogP contribution in [0.2, 0.25) is 0 Å². The van der Waals surface area contributed by atoms with E-state index in [4.69, 9.17) is 0 Å². The molecule has 2 heteroatoms. The van der Waals surface area contributed by atoms with E-state index >= 15 is 0 Å². The predicted octanol–water partition coefficient (Wildman–Crippen LogP) is 3.92. The van der Waals surface area contributed by atoms with Crippen molar-refractivity contribution in [3.8, 4) is 0 Å². The summed E-state index contributed by atoms with van der Waals surface area (Å²) >= 11 is 0. The summed E-state index contributed by atoms with van der Waals surface area (Å²) in [5, 5.41) is 4.58. The number of rotatable bonds is 4. The topological polar surface area (TPSA) is 24.9 Å². The highest BCUT2D eigenvalue weighted by Crippen LogP contribution is 2.19. The van der Waals surface area contributed by atoms with E-state index in [-0.39, 0.29) is 0 Å². The Balaban J connectivity index is 2.19. The van der Waals surface area contributed by atoms with Crippen LogP contribution in [0.4, 0.5) is 5.82 Å². The van der Waals surface area contributed by atoms with Crippen molar-refractivity contribution in [1.29, 1.82) is 0 Å². The quantitative estimate of drug-likeness (QED) is 0.631. The second-order valence-corrected chi connectivity index (χ2v) is 4.13. The Morgan fingerprint density at radius 2 is 2.12 bits per heavy atom. The molecule has 1 aromatic heterocycles. The summed E-state index contributed by atoms with van der Waals surface area (Å²) < 4.78 is 0. The van der Waals surface area contributed by atoms with Gasteiger partial charge in [0, 0.05) is 11.9 Å². The fourth-order valence-corrected chi connectivity index (χ4v) is 1.84. The van der Waals surface area contributed by atoms with Crippen LogP contribution in [-0.4, -0.2) is 11.5 Å². The van der Waals surface area contributed by atoms with Gasteiger partial charge in [-0.1, -0.05) is 30.4 Å². The van der Waals surface area contributed by atoms with Crippen LogP contribution in [0.5, 0.6) is 0 Å². The highest BCUT2D eigenvalue weighted by molar-refractivity contribution is 5.81. The molecular formula is C15H18N2. The number of para-hydroxylation sites is 1. The summed E-state index contributed by atoms with van der Waals surface area (Å²) in [7, 11) is 0. The molecule has 2 nitrogen and oxygen atoms in total. The van der Waals surface area contributed by atoms with Crippen LogP contribution in [0.25, 0.3) is 10.9 Å². The first kappa shape index (κ1) is 11.6. The van der Waals surface area contributed by atoms with Gasteiger partial charge in [-0.2, -0.15) is 0 Å².